The largest absolute Gasteiger partial charge is 0.465 e. The van der Waals surface area contributed by atoms with Crippen LogP contribution in [-0.2, 0) is 9.53 Å². The van der Waals surface area contributed by atoms with Gasteiger partial charge in [-0.1, -0.05) is 13.3 Å². The van der Waals surface area contributed by atoms with Gasteiger partial charge in [-0.05, 0) is 25.0 Å². The second-order valence-corrected chi connectivity index (χ2v) is 4.62. The Hall–Kier alpha value is -0.320. The molecule has 0 aromatic carbocycles. The SMILES string of the molecule is CCCCOC(=O)CSCCCCC(F)F. The van der Waals surface area contributed by atoms with E-state index in [9.17, 15) is 13.6 Å². The molecule has 0 aliphatic carbocycles. The van der Waals surface area contributed by atoms with Gasteiger partial charge >= 0.3 is 5.97 Å². The molecule has 0 amide bonds. The summed E-state index contributed by atoms with van der Waals surface area (Å²) < 4.78 is 28.5. The lowest BCUT2D eigenvalue weighted by Gasteiger charge is -2.03. The number of halogens is 2. The zero-order valence-corrected chi connectivity index (χ0v) is 10.5. The molecule has 5 heteroatoms. The monoisotopic (exact) mass is 254 g/mol. The second-order valence-electron chi connectivity index (χ2n) is 3.51. The summed E-state index contributed by atoms with van der Waals surface area (Å²) in [5, 5.41) is 0. The van der Waals surface area contributed by atoms with Crippen LogP contribution in [0.4, 0.5) is 8.78 Å². The van der Waals surface area contributed by atoms with Gasteiger partial charge in [0, 0.05) is 6.42 Å². The zero-order valence-electron chi connectivity index (χ0n) is 9.71. The number of carbonyl (C=O) groups is 1. The first-order valence-corrected chi connectivity index (χ1v) is 6.83. The Morgan fingerprint density at radius 3 is 2.69 bits per heavy atom. The second kappa shape index (κ2) is 11.2. The third kappa shape index (κ3) is 11.8. The number of ether oxygens (including phenoxy) is 1. The summed E-state index contributed by atoms with van der Waals surface area (Å²) >= 11 is 1.45. The van der Waals surface area contributed by atoms with Gasteiger partial charge in [-0.25, -0.2) is 8.78 Å². The number of alkyl halides is 2. The summed E-state index contributed by atoms with van der Waals surface area (Å²) in [4.78, 5) is 11.1. The van der Waals surface area contributed by atoms with Crippen molar-refractivity contribution >= 4 is 17.7 Å². The average molecular weight is 254 g/mol. The molecule has 0 heterocycles. The Bertz CT molecular complexity index is 177. The van der Waals surface area contributed by atoms with Gasteiger partial charge in [0.15, 0.2) is 0 Å². The lowest BCUT2D eigenvalue weighted by Crippen LogP contribution is -2.08. The summed E-state index contributed by atoms with van der Waals surface area (Å²) in [6, 6.07) is 0. The molecule has 0 saturated carbocycles. The molecule has 2 nitrogen and oxygen atoms in total. The van der Waals surface area contributed by atoms with E-state index in [1.807, 2.05) is 6.92 Å². The molecule has 0 fully saturated rings. The minimum atomic E-state index is -2.20. The van der Waals surface area contributed by atoms with Crippen LogP contribution in [-0.4, -0.2) is 30.5 Å². The van der Waals surface area contributed by atoms with E-state index < -0.39 is 6.43 Å². The van der Waals surface area contributed by atoms with Gasteiger partial charge in [0.2, 0.25) is 6.43 Å². The van der Waals surface area contributed by atoms with Crippen LogP contribution in [0, 0.1) is 0 Å². The molecule has 0 aromatic rings. The van der Waals surface area contributed by atoms with Crippen LogP contribution >= 0.6 is 11.8 Å². The van der Waals surface area contributed by atoms with Crippen LogP contribution in [0.15, 0.2) is 0 Å². The summed E-state index contributed by atoms with van der Waals surface area (Å²) in [6.07, 6.45) is 0.914. The van der Waals surface area contributed by atoms with Crippen LogP contribution in [0.1, 0.15) is 39.0 Å². The molecule has 16 heavy (non-hydrogen) atoms. The van der Waals surface area contributed by atoms with Crippen molar-refractivity contribution in [1.29, 1.82) is 0 Å². The Kier molecular flexibility index (Phi) is 11.0. The third-order valence-corrected chi connectivity index (χ3v) is 2.96. The Labute approximate surface area is 100 Å². The van der Waals surface area contributed by atoms with Crippen molar-refractivity contribution in [3.8, 4) is 0 Å². The van der Waals surface area contributed by atoms with E-state index in [2.05, 4.69) is 0 Å². The highest BCUT2D eigenvalue weighted by molar-refractivity contribution is 7.99. The highest BCUT2D eigenvalue weighted by atomic mass is 32.2. The molecule has 0 atom stereocenters. The first-order chi connectivity index (χ1) is 7.66. The fourth-order valence-electron chi connectivity index (χ4n) is 1.03. The van der Waals surface area contributed by atoms with Crippen molar-refractivity contribution in [2.24, 2.45) is 0 Å². The van der Waals surface area contributed by atoms with Crippen molar-refractivity contribution < 1.29 is 18.3 Å². The molecule has 0 aliphatic rings. The maximum Gasteiger partial charge on any atom is 0.315 e. The van der Waals surface area contributed by atoms with E-state index in [0.717, 1.165) is 25.0 Å². The number of unbranched alkanes of at least 4 members (excludes halogenated alkanes) is 2. The Morgan fingerprint density at radius 2 is 2.06 bits per heavy atom. The molecular formula is C11H20F2O2S. The van der Waals surface area contributed by atoms with Crippen molar-refractivity contribution in [3.05, 3.63) is 0 Å². The van der Waals surface area contributed by atoms with E-state index in [-0.39, 0.29) is 12.4 Å². The van der Waals surface area contributed by atoms with E-state index in [1.165, 1.54) is 11.8 Å². The molecule has 0 unspecified atom stereocenters. The molecule has 0 aromatic heterocycles. The maximum atomic E-state index is 11.8. The molecule has 0 spiro atoms. The minimum absolute atomic E-state index is 0.0402. The summed E-state index contributed by atoms with van der Waals surface area (Å²) in [5.74, 6) is 0.876. The van der Waals surface area contributed by atoms with Gasteiger partial charge in [-0.2, -0.15) is 11.8 Å². The molecule has 96 valence electrons. The number of hydrogen-bond acceptors (Lipinski definition) is 3. The van der Waals surface area contributed by atoms with Gasteiger partial charge in [0.05, 0.1) is 12.4 Å². The van der Waals surface area contributed by atoms with Gasteiger partial charge in [0.25, 0.3) is 0 Å². The van der Waals surface area contributed by atoms with Crippen LogP contribution in [0.2, 0.25) is 0 Å². The summed E-state index contributed by atoms with van der Waals surface area (Å²) in [5.41, 5.74) is 0. The molecular weight excluding hydrogens is 234 g/mol. The van der Waals surface area contributed by atoms with Crippen LogP contribution in [0.3, 0.4) is 0 Å². The average Bonchev–Trinajstić information content (AvgIpc) is 2.23. The number of rotatable bonds is 10. The number of thioether (sulfide) groups is 1. The lowest BCUT2D eigenvalue weighted by atomic mass is 10.3. The predicted octanol–water partition coefficient (Wildman–Crippen LogP) is 3.50. The molecule has 0 radical (unpaired) electrons. The van der Waals surface area contributed by atoms with Crippen LogP contribution in [0.25, 0.3) is 0 Å². The quantitative estimate of drug-likeness (QED) is 0.441. The van der Waals surface area contributed by atoms with Gasteiger partial charge in [-0.15, -0.1) is 0 Å². The minimum Gasteiger partial charge on any atom is -0.465 e. The van der Waals surface area contributed by atoms with Gasteiger partial charge in [0.1, 0.15) is 0 Å². The van der Waals surface area contributed by atoms with E-state index in [0.29, 0.717) is 18.8 Å². The number of carbonyl (C=O) groups excluding carboxylic acids is 1. The van der Waals surface area contributed by atoms with Crippen LogP contribution < -0.4 is 0 Å². The fraction of sp³-hybridized carbons (Fsp3) is 0.909. The standard InChI is InChI=1S/C11H20F2O2S/c1-2-3-7-15-11(14)9-16-8-5-4-6-10(12)13/h10H,2-9H2,1H3. The molecule has 0 rings (SSSR count). The van der Waals surface area contributed by atoms with Crippen molar-refractivity contribution in [1.82, 2.24) is 0 Å². The number of hydrogen-bond donors (Lipinski definition) is 0. The first kappa shape index (κ1) is 15.7. The fourth-order valence-corrected chi connectivity index (χ4v) is 1.83. The van der Waals surface area contributed by atoms with Crippen molar-refractivity contribution in [2.75, 3.05) is 18.1 Å². The predicted molar refractivity (Wildman–Crippen MR) is 63.0 cm³/mol. The normalized spacial score (nSPS) is 10.8. The summed E-state index contributed by atoms with van der Waals surface area (Å²) in [7, 11) is 0. The number of esters is 1. The molecule has 0 bridgehead atoms. The van der Waals surface area contributed by atoms with E-state index in [1.54, 1.807) is 0 Å². The molecule has 0 aliphatic heterocycles. The molecule has 0 saturated heterocycles. The highest BCUT2D eigenvalue weighted by Gasteiger charge is 2.04. The lowest BCUT2D eigenvalue weighted by molar-refractivity contribution is -0.140. The Morgan fingerprint density at radius 1 is 1.31 bits per heavy atom. The van der Waals surface area contributed by atoms with Crippen molar-refractivity contribution in [3.63, 3.8) is 0 Å². The van der Waals surface area contributed by atoms with Gasteiger partial charge in [-0.3, -0.25) is 4.79 Å². The zero-order chi connectivity index (χ0) is 12.2. The van der Waals surface area contributed by atoms with Gasteiger partial charge < -0.3 is 4.74 Å². The highest BCUT2D eigenvalue weighted by Crippen LogP contribution is 2.10. The Balaban J connectivity index is 3.15. The van der Waals surface area contributed by atoms with Crippen molar-refractivity contribution in [2.45, 2.75) is 45.5 Å². The third-order valence-electron chi connectivity index (χ3n) is 1.94. The summed E-state index contributed by atoms with van der Waals surface area (Å²) in [6.45, 7) is 2.52. The smallest absolute Gasteiger partial charge is 0.315 e. The van der Waals surface area contributed by atoms with E-state index >= 15 is 0 Å². The van der Waals surface area contributed by atoms with Crippen LogP contribution in [0.5, 0.6) is 0 Å². The van der Waals surface area contributed by atoms with E-state index in [4.69, 9.17) is 4.74 Å². The molecule has 0 N–H and O–H groups in total. The maximum absolute atomic E-state index is 11.8. The topological polar surface area (TPSA) is 26.3 Å². The first-order valence-electron chi connectivity index (χ1n) is 5.68.